The Hall–Kier alpha value is -0.580. The summed E-state index contributed by atoms with van der Waals surface area (Å²) in [5.74, 6) is 1.05. The van der Waals surface area contributed by atoms with Crippen LogP contribution in [0.15, 0.2) is 22.7 Å². The van der Waals surface area contributed by atoms with Gasteiger partial charge in [-0.2, -0.15) is 0 Å². The van der Waals surface area contributed by atoms with E-state index in [2.05, 4.69) is 22.9 Å². The van der Waals surface area contributed by atoms with Gasteiger partial charge in [0, 0.05) is 29.5 Å². The van der Waals surface area contributed by atoms with Gasteiger partial charge in [0.25, 0.3) is 0 Å². The van der Waals surface area contributed by atoms with Crippen LogP contribution >= 0.6 is 15.9 Å². The van der Waals surface area contributed by atoms with Crippen LogP contribution in [0.5, 0.6) is 5.75 Å². The number of hydrogen-bond acceptors (Lipinski definition) is 3. The van der Waals surface area contributed by atoms with E-state index in [1.165, 1.54) is 0 Å². The fraction of sp³-hybridized carbons (Fsp3) is 0.538. The van der Waals surface area contributed by atoms with Crippen LogP contribution < -0.4 is 4.74 Å². The quantitative estimate of drug-likeness (QED) is 0.933. The topological polar surface area (TPSA) is 38.7 Å². The Balaban J connectivity index is 2.18. The first-order chi connectivity index (χ1) is 8.11. The molecule has 1 heterocycles. The molecule has 1 N–H and O–H groups in total. The van der Waals surface area contributed by atoms with Crippen molar-refractivity contribution in [1.29, 1.82) is 0 Å². The molecule has 1 aliphatic rings. The number of rotatable bonds is 3. The van der Waals surface area contributed by atoms with Gasteiger partial charge < -0.3 is 14.6 Å². The van der Waals surface area contributed by atoms with Gasteiger partial charge in [0.15, 0.2) is 0 Å². The summed E-state index contributed by atoms with van der Waals surface area (Å²) in [6, 6.07) is 5.74. The predicted octanol–water partition coefficient (Wildman–Crippen LogP) is 2.92. The molecule has 1 aromatic carbocycles. The van der Waals surface area contributed by atoms with Gasteiger partial charge in [-0.15, -0.1) is 0 Å². The molecule has 0 spiro atoms. The standard InChI is InChI=1S/C13H17BrO3/c1-8(7-16-2)13-6-11(15)10-5-9(14)3-4-12(10)17-13/h3-5,8,11,13,15H,6-7H2,1-2H3. The normalized spacial score (nSPS) is 24.9. The fourth-order valence-corrected chi connectivity index (χ4v) is 2.54. The summed E-state index contributed by atoms with van der Waals surface area (Å²) in [6.45, 7) is 2.72. The smallest absolute Gasteiger partial charge is 0.125 e. The van der Waals surface area contributed by atoms with Gasteiger partial charge in [0.2, 0.25) is 0 Å². The molecule has 0 amide bonds. The molecule has 17 heavy (non-hydrogen) atoms. The minimum Gasteiger partial charge on any atom is -0.490 e. The molecule has 1 aliphatic heterocycles. The van der Waals surface area contributed by atoms with E-state index < -0.39 is 6.10 Å². The highest BCUT2D eigenvalue weighted by atomic mass is 79.9. The molecular weight excluding hydrogens is 284 g/mol. The Morgan fingerprint density at radius 3 is 3.06 bits per heavy atom. The first-order valence-corrected chi connectivity index (χ1v) is 6.54. The monoisotopic (exact) mass is 300 g/mol. The lowest BCUT2D eigenvalue weighted by atomic mass is 9.93. The number of benzene rings is 1. The van der Waals surface area contributed by atoms with E-state index in [1.54, 1.807) is 7.11 Å². The first-order valence-electron chi connectivity index (χ1n) is 5.75. The van der Waals surface area contributed by atoms with Crippen LogP contribution in [-0.2, 0) is 4.74 Å². The van der Waals surface area contributed by atoms with E-state index >= 15 is 0 Å². The van der Waals surface area contributed by atoms with E-state index in [1.807, 2.05) is 18.2 Å². The summed E-state index contributed by atoms with van der Waals surface area (Å²) in [5, 5.41) is 10.1. The van der Waals surface area contributed by atoms with Gasteiger partial charge in [-0.25, -0.2) is 0 Å². The molecular formula is C13H17BrO3. The molecule has 4 heteroatoms. The van der Waals surface area contributed by atoms with E-state index in [9.17, 15) is 5.11 Å². The van der Waals surface area contributed by atoms with Crippen molar-refractivity contribution in [3.63, 3.8) is 0 Å². The molecule has 0 radical (unpaired) electrons. The number of methoxy groups -OCH3 is 1. The Labute approximate surface area is 110 Å². The number of fused-ring (bicyclic) bond motifs is 1. The summed E-state index contributed by atoms with van der Waals surface area (Å²) in [4.78, 5) is 0. The molecule has 94 valence electrons. The summed E-state index contributed by atoms with van der Waals surface area (Å²) < 4.78 is 12.0. The summed E-state index contributed by atoms with van der Waals surface area (Å²) >= 11 is 3.40. The molecule has 0 saturated carbocycles. The van der Waals surface area contributed by atoms with Crippen LogP contribution in [0.2, 0.25) is 0 Å². The van der Waals surface area contributed by atoms with Crippen LogP contribution in [0.1, 0.15) is 25.0 Å². The third-order valence-electron chi connectivity index (χ3n) is 3.13. The molecule has 3 nitrogen and oxygen atoms in total. The van der Waals surface area contributed by atoms with Crippen LogP contribution in [0.25, 0.3) is 0 Å². The molecule has 3 unspecified atom stereocenters. The number of hydrogen-bond donors (Lipinski definition) is 1. The Morgan fingerprint density at radius 1 is 1.59 bits per heavy atom. The van der Waals surface area contributed by atoms with Crippen molar-refractivity contribution < 1.29 is 14.6 Å². The second kappa shape index (κ2) is 5.38. The third kappa shape index (κ3) is 2.81. The van der Waals surface area contributed by atoms with Crippen molar-refractivity contribution in [2.24, 2.45) is 5.92 Å². The Bertz CT molecular complexity index is 394. The van der Waals surface area contributed by atoms with Crippen molar-refractivity contribution in [1.82, 2.24) is 0 Å². The van der Waals surface area contributed by atoms with Crippen molar-refractivity contribution in [3.05, 3.63) is 28.2 Å². The van der Waals surface area contributed by atoms with Gasteiger partial charge in [-0.05, 0) is 18.2 Å². The molecule has 3 atom stereocenters. The highest BCUT2D eigenvalue weighted by Gasteiger charge is 2.30. The Morgan fingerprint density at radius 2 is 2.35 bits per heavy atom. The molecule has 0 bridgehead atoms. The largest absolute Gasteiger partial charge is 0.490 e. The summed E-state index contributed by atoms with van der Waals surface area (Å²) in [5.41, 5.74) is 0.861. The van der Waals surface area contributed by atoms with Crippen LogP contribution in [0.4, 0.5) is 0 Å². The summed E-state index contributed by atoms with van der Waals surface area (Å²) in [6.07, 6.45) is 0.174. The maximum atomic E-state index is 10.1. The maximum Gasteiger partial charge on any atom is 0.125 e. The van der Waals surface area contributed by atoms with Crippen LogP contribution in [0.3, 0.4) is 0 Å². The van der Waals surface area contributed by atoms with Crippen molar-refractivity contribution in [3.8, 4) is 5.75 Å². The van der Waals surface area contributed by atoms with Gasteiger partial charge >= 0.3 is 0 Å². The van der Waals surface area contributed by atoms with Crippen molar-refractivity contribution in [2.45, 2.75) is 25.6 Å². The Kier molecular flexibility index (Phi) is 4.07. The lowest BCUT2D eigenvalue weighted by molar-refractivity contribution is 0.0136. The van der Waals surface area contributed by atoms with Crippen LogP contribution in [0, 0.1) is 5.92 Å². The zero-order valence-electron chi connectivity index (χ0n) is 10.0. The van der Waals surface area contributed by atoms with E-state index in [0.717, 1.165) is 15.8 Å². The minimum atomic E-state index is -0.458. The number of aliphatic hydroxyl groups is 1. The zero-order valence-corrected chi connectivity index (χ0v) is 11.6. The molecule has 2 rings (SSSR count). The minimum absolute atomic E-state index is 0.0126. The lowest BCUT2D eigenvalue weighted by Gasteiger charge is -2.33. The zero-order chi connectivity index (χ0) is 12.4. The average molecular weight is 301 g/mol. The maximum absolute atomic E-state index is 10.1. The van der Waals surface area contributed by atoms with Gasteiger partial charge in [0.05, 0.1) is 12.7 Å². The average Bonchev–Trinajstić information content (AvgIpc) is 2.30. The van der Waals surface area contributed by atoms with E-state index in [-0.39, 0.29) is 12.0 Å². The lowest BCUT2D eigenvalue weighted by Crippen LogP contribution is -2.33. The second-order valence-electron chi connectivity index (χ2n) is 4.52. The summed E-state index contributed by atoms with van der Waals surface area (Å²) in [7, 11) is 1.68. The fourth-order valence-electron chi connectivity index (χ4n) is 2.16. The van der Waals surface area contributed by atoms with Gasteiger partial charge in [0.1, 0.15) is 11.9 Å². The predicted molar refractivity (Wildman–Crippen MR) is 69.2 cm³/mol. The molecule has 0 saturated heterocycles. The first kappa shape index (κ1) is 12.9. The van der Waals surface area contributed by atoms with E-state index in [4.69, 9.17) is 9.47 Å². The van der Waals surface area contributed by atoms with Crippen LogP contribution in [-0.4, -0.2) is 24.9 Å². The number of halogens is 1. The number of ether oxygens (including phenoxy) is 2. The molecule has 0 fully saturated rings. The van der Waals surface area contributed by atoms with Gasteiger partial charge in [-0.1, -0.05) is 22.9 Å². The molecule has 0 aliphatic carbocycles. The molecule has 1 aromatic rings. The third-order valence-corrected chi connectivity index (χ3v) is 3.62. The molecule has 0 aromatic heterocycles. The second-order valence-corrected chi connectivity index (χ2v) is 5.44. The highest BCUT2D eigenvalue weighted by Crippen LogP contribution is 2.38. The van der Waals surface area contributed by atoms with Gasteiger partial charge in [-0.3, -0.25) is 0 Å². The van der Waals surface area contributed by atoms with Crippen molar-refractivity contribution >= 4 is 15.9 Å². The SMILES string of the molecule is COCC(C)C1CC(O)c2cc(Br)ccc2O1. The highest BCUT2D eigenvalue weighted by molar-refractivity contribution is 9.10. The van der Waals surface area contributed by atoms with Crippen molar-refractivity contribution in [2.75, 3.05) is 13.7 Å². The number of aliphatic hydroxyl groups excluding tert-OH is 1. The van der Waals surface area contributed by atoms with E-state index in [0.29, 0.717) is 13.0 Å².